The van der Waals surface area contributed by atoms with Crippen LogP contribution in [0.3, 0.4) is 0 Å². The fraction of sp³-hybridized carbons (Fsp3) is 0.364. The Morgan fingerprint density at radius 1 is 1.47 bits per heavy atom. The molecule has 1 rings (SSSR count). The van der Waals surface area contributed by atoms with Crippen LogP contribution in [0.2, 0.25) is 0 Å². The summed E-state index contributed by atoms with van der Waals surface area (Å²) in [6, 6.07) is 7.18. The number of rotatable bonds is 5. The number of nitrogen functional groups attached to an aromatic ring is 1. The molecule has 3 N–H and O–H groups in total. The van der Waals surface area contributed by atoms with Crippen molar-refractivity contribution in [2.75, 3.05) is 5.73 Å². The summed E-state index contributed by atoms with van der Waals surface area (Å²) in [5.74, 6) is -0.923. The third-order valence-electron chi connectivity index (χ3n) is 2.08. The van der Waals surface area contributed by atoms with Gasteiger partial charge in [0.15, 0.2) is 6.10 Å². The van der Waals surface area contributed by atoms with Crippen molar-refractivity contribution in [3.63, 3.8) is 0 Å². The molecule has 0 saturated heterocycles. The summed E-state index contributed by atoms with van der Waals surface area (Å²) in [5, 5.41) is 8.75. The van der Waals surface area contributed by atoms with Crippen molar-refractivity contribution in [2.24, 2.45) is 0 Å². The zero-order chi connectivity index (χ0) is 11.3. The van der Waals surface area contributed by atoms with Gasteiger partial charge in [0.05, 0.1) is 6.61 Å². The Bertz CT molecular complexity index is 321. The number of hydrogen-bond donors (Lipinski definition) is 2. The normalized spacial score (nSPS) is 12.3. The molecule has 1 aromatic rings. The van der Waals surface area contributed by atoms with E-state index in [2.05, 4.69) is 0 Å². The molecular weight excluding hydrogens is 194 g/mol. The van der Waals surface area contributed by atoms with Gasteiger partial charge in [-0.3, -0.25) is 0 Å². The maximum atomic E-state index is 10.7. The monoisotopic (exact) mass is 209 g/mol. The maximum Gasteiger partial charge on any atom is 0.332 e. The van der Waals surface area contributed by atoms with Gasteiger partial charge < -0.3 is 15.6 Å². The first-order chi connectivity index (χ1) is 7.13. The lowest BCUT2D eigenvalue weighted by molar-refractivity contribution is -0.151. The predicted molar refractivity (Wildman–Crippen MR) is 57.4 cm³/mol. The molecule has 0 saturated carbocycles. The van der Waals surface area contributed by atoms with E-state index in [9.17, 15) is 4.79 Å². The van der Waals surface area contributed by atoms with Crippen LogP contribution in [0.5, 0.6) is 0 Å². The molecule has 0 aromatic heterocycles. The summed E-state index contributed by atoms with van der Waals surface area (Å²) >= 11 is 0. The molecule has 0 amide bonds. The van der Waals surface area contributed by atoms with E-state index >= 15 is 0 Å². The van der Waals surface area contributed by atoms with Gasteiger partial charge in [-0.25, -0.2) is 4.79 Å². The summed E-state index contributed by atoms with van der Waals surface area (Å²) in [6.45, 7) is 2.08. The molecule has 4 heteroatoms. The van der Waals surface area contributed by atoms with Crippen molar-refractivity contribution < 1.29 is 14.6 Å². The first kappa shape index (κ1) is 11.5. The minimum atomic E-state index is -0.923. The second-order valence-electron chi connectivity index (χ2n) is 3.29. The highest BCUT2D eigenvalue weighted by Crippen LogP contribution is 2.09. The lowest BCUT2D eigenvalue weighted by Crippen LogP contribution is -2.22. The minimum Gasteiger partial charge on any atom is -0.479 e. The number of benzene rings is 1. The fourth-order valence-electron chi connectivity index (χ4n) is 1.17. The summed E-state index contributed by atoms with van der Waals surface area (Å²) in [4.78, 5) is 10.7. The van der Waals surface area contributed by atoms with E-state index in [0.717, 1.165) is 5.56 Å². The van der Waals surface area contributed by atoms with Crippen molar-refractivity contribution in [1.29, 1.82) is 0 Å². The van der Waals surface area contributed by atoms with Gasteiger partial charge in [0, 0.05) is 5.69 Å². The third kappa shape index (κ3) is 3.59. The molecule has 82 valence electrons. The number of nitrogens with two attached hydrogens (primary N) is 1. The summed E-state index contributed by atoms with van der Waals surface area (Å²) in [5.41, 5.74) is 7.13. The standard InChI is InChI=1S/C11H15NO3/c1-2-10(11(13)14)15-7-8-3-5-9(12)6-4-8/h3-6,10H,2,7,12H2,1H3,(H,13,14). The molecule has 1 aromatic carbocycles. The van der Waals surface area contributed by atoms with Crippen LogP contribution in [-0.4, -0.2) is 17.2 Å². The Balaban J connectivity index is 2.49. The van der Waals surface area contributed by atoms with E-state index < -0.39 is 12.1 Å². The molecule has 1 unspecified atom stereocenters. The zero-order valence-electron chi connectivity index (χ0n) is 8.64. The molecule has 0 bridgehead atoms. The number of ether oxygens (including phenoxy) is 1. The van der Waals surface area contributed by atoms with Crippen LogP contribution in [0.25, 0.3) is 0 Å². The van der Waals surface area contributed by atoms with Crippen LogP contribution >= 0.6 is 0 Å². The van der Waals surface area contributed by atoms with Crippen molar-refractivity contribution in [3.05, 3.63) is 29.8 Å². The van der Waals surface area contributed by atoms with Crippen molar-refractivity contribution >= 4 is 11.7 Å². The Morgan fingerprint density at radius 2 is 2.07 bits per heavy atom. The third-order valence-corrected chi connectivity index (χ3v) is 2.08. The molecule has 0 spiro atoms. The van der Waals surface area contributed by atoms with Crippen LogP contribution in [-0.2, 0) is 16.1 Å². The van der Waals surface area contributed by atoms with E-state index in [1.165, 1.54) is 0 Å². The van der Waals surface area contributed by atoms with Gasteiger partial charge in [-0.05, 0) is 24.1 Å². The number of aliphatic carboxylic acids is 1. The van der Waals surface area contributed by atoms with Gasteiger partial charge in [0.1, 0.15) is 0 Å². The SMILES string of the molecule is CCC(OCc1ccc(N)cc1)C(=O)O. The lowest BCUT2D eigenvalue weighted by atomic mass is 10.2. The summed E-state index contributed by atoms with van der Waals surface area (Å²) < 4.78 is 5.24. The van der Waals surface area contributed by atoms with Crippen LogP contribution in [0.1, 0.15) is 18.9 Å². The van der Waals surface area contributed by atoms with Gasteiger partial charge in [-0.15, -0.1) is 0 Å². The van der Waals surface area contributed by atoms with Crippen LogP contribution in [0.4, 0.5) is 5.69 Å². The van der Waals surface area contributed by atoms with E-state index in [0.29, 0.717) is 18.7 Å². The van der Waals surface area contributed by atoms with Gasteiger partial charge in [0.25, 0.3) is 0 Å². The second-order valence-corrected chi connectivity index (χ2v) is 3.29. The van der Waals surface area contributed by atoms with Crippen LogP contribution < -0.4 is 5.73 Å². The van der Waals surface area contributed by atoms with Crippen molar-refractivity contribution in [3.8, 4) is 0 Å². The molecule has 0 radical (unpaired) electrons. The molecule has 4 nitrogen and oxygen atoms in total. The Kier molecular flexibility index (Phi) is 4.12. The molecular formula is C11H15NO3. The fourth-order valence-corrected chi connectivity index (χ4v) is 1.17. The number of carboxylic acids is 1. The van der Waals surface area contributed by atoms with Crippen molar-refractivity contribution in [1.82, 2.24) is 0 Å². The van der Waals surface area contributed by atoms with Gasteiger partial charge in [-0.1, -0.05) is 19.1 Å². The van der Waals surface area contributed by atoms with E-state index in [-0.39, 0.29) is 0 Å². The molecule has 0 heterocycles. The summed E-state index contributed by atoms with van der Waals surface area (Å²) in [7, 11) is 0. The van der Waals surface area contributed by atoms with Crippen LogP contribution in [0.15, 0.2) is 24.3 Å². The molecule has 1 atom stereocenters. The highest BCUT2D eigenvalue weighted by molar-refractivity contribution is 5.72. The van der Waals surface area contributed by atoms with Crippen molar-refractivity contribution in [2.45, 2.75) is 26.1 Å². The topological polar surface area (TPSA) is 72.5 Å². The Hall–Kier alpha value is -1.55. The Morgan fingerprint density at radius 3 is 2.53 bits per heavy atom. The molecule has 0 aliphatic heterocycles. The molecule has 15 heavy (non-hydrogen) atoms. The highest BCUT2D eigenvalue weighted by atomic mass is 16.5. The van der Waals surface area contributed by atoms with E-state index in [1.54, 1.807) is 19.1 Å². The number of carboxylic acid groups (broad SMARTS) is 1. The molecule has 0 aliphatic carbocycles. The average molecular weight is 209 g/mol. The van der Waals surface area contributed by atoms with E-state index in [4.69, 9.17) is 15.6 Å². The smallest absolute Gasteiger partial charge is 0.332 e. The quantitative estimate of drug-likeness (QED) is 0.723. The molecule has 0 fully saturated rings. The largest absolute Gasteiger partial charge is 0.479 e. The number of carbonyl (C=O) groups is 1. The molecule has 0 aliphatic rings. The summed E-state index contributed by atoms with van der Waals surface area (Å²) in [6.07, 6.45) is -0.271. The van der Waals surface area contributed by atoms with E-state index in [1.807, 2.05) is 12.1 Å². The highest BCUT2D eigenvalue weighted by Gasteiger charge is 2.14. The van der Waals surface area contributed by atoms with Gasteiger partial charge in [-0.2, -0.15) is 0 Å². The van der Waals surface area contributed by atoms with Gasteiger partial charge in [0.2, 0.25) is 0 Å². The van der Waals surface area contributed by atoms with Crippen LogP contribution in [0, 0.1) is 0 Å². The predicted octanol–water partition coefficient (Wildman–Crippen LogP) is 1.65. The maximum absolute atomic E-state index is 10.7. The second kappa shape index (κ2) is 5.36. The zero-order valence-corrected chi connectivity index (χ0v) is 8.64. The Labute approximate surface area is 88.7 Å². The average Bonchev–Trinajstić information content (AvgIpc) is 2.21. The first-order valence-corrected chi connectivity index (χ1v) is 4.82. The number of hydrogen-bond acceptors (Lipinski definition) is 3. The first-order valence-electron chi connectivity index (χ1n) is 4.82. The number of anilines is 1. The lowest BCUT2D eigenvalue weighted by Gasteiger charge is -2.11. The minimum absolute atomic E-state index is 0.297. The van der Waals surface area contributed by atoms with Gasteiger partial charge >= 0.3 is 5.97 Å².